The summed E-state index contributed by atoms with van der Waals surface area (Å²) in [4.78, 5) is 0. The quantitative estimate of drug-likeness (QED) is 0.291. The van der Waals surface area contributed by atoms with Crippen LogP contribution in [0.1, 0.15) is 39.0 Å². The molecule has 18 heavy (non-hydrogen) atoms. The molecule has 0 aliphatic rings. The van der Waals surface area contributed by atoms with Gasteiger partial charge in [0, 0.05) is 0 Å². The van der Waals surface area contributed by atoms with Crippen LogP contribution in [0, 0.1) is 0 Å². The molecule has 0 saturated carbocycles. The van der Waals surface area contributed by atoms with Gasteiger partial charge >= 0.3 is 11.3 Å². The fourth-order valence-electron chi connectivity index (χ4n) is 1.32. The summed E-state index contributed by atoms with van der Waals surface area (Å²) >= 11 is 21.2. The molecule has 0 aliphatic carbocycles. The van der Waals surface area contributed by atoms with Gasteiger partial charge in [0.15, 0.2) is 4.33 Å². The molecule has 0 N–H and O–H groups in total. The van der Waals surface area contributed by atoms with Gasteiger partial charge in [0.25, 0.3) is 0 Å². The maximum Gasteiger partial charge on any atom is 0.440 e. The zero-order chi connectivity index (χ0) is 14.6. The number of alkyl halides is 8. The Bertz CT molecular complexity index is 253. The molecule has 0 aromatic heterocycles. The lowest BCUT2D eigenvalue weighted by Crippen LogP contribution is -2.54. The minimum Gasteiger partial charge on any atom is -0.212 e. The van der Waals surface area contributed by atoms with Crippen LogP contribution in [0.15, 0.2) is 0 Å². The molecule has 2 atom stereocenters. The third-order valence-corrected chi connectivity index (χ3v) is 5.00. The molecule has 0 spiro atoms. The van der Waals surface area contributed by atoms with Crippen molar-refractivity contribution in [2.45, 2.75) is 60.0 Å². The minimum absolute atomic E-state index is 0.0586. The third kappa shape index (κ3) is 4.46. The van der Waals surface area contributed by atoms with Crippen LogP contribution in [0.2, 0.25) is 0 Å². The summed E-state index contributed by atoms with van der Waals surface area (Å²) in [6.45, 7) is 1.97. The van der Waals surface area contributed by atoms with E-state index >= 15 is 0 Å². The second-order valence-corrected chi connectivity index (χ2v) is 6.45. The average Bonchev–Trinajstić information content (AvgIpc) is 2.22. The van der Waals surface area contributed by atoms with E-state index in [9.17, 15) is 17.6 Å². The van der Waals surface area contributed by atoms with Gasteiger partial charge in [-0.15, -0.1) is 11.6 Å². The van der Waals surface area contributed by atoms with Gasteiger partial charge in [-0.05, 0) is 6.42 Å². The van der Waals surface area contributed by atoms with Crippen molar-refractivity contribution in [3.63, 3.8) is 0 Å². The van der Waals surface area contributed by atoms with Gasteiger partial charge in [-0.1, -0.05) is 67.4 Å². The van der Waals surface area contributed by atoms with Crippen LogP contribution in [0.4, 0.5) is 17.6 Å². The molecule has 0 aliphatic heterocycles. The molecule has 0 aromatic carbocycles. The molecule has 0 bridgehead atoms. The van der Waals surface area contributed by atoms with E-state index in [4.69, 9.17) is 46.4 Å². The van der Waals surface area contributed by atoms with E-state index in [1.54, 1.807) is 0 Å². The van der Waals surface area contributed by atoms with Gasteiger partial charge in [-0.3, -0.25) is 0 Å². The second kappa shape index (κ2) is 7.05. The first-order valence-corrected chi connectivity index (χ1v) is 7.02. The van der Waals surface area contributed by atoms with Crippen LogP contribution in [0.5, 0.6) is 0 Å². The normalized spacial score (nSPS) is 18.5. The summed E-state index contributed by atoms with van der Waals surface area (Å²) in [5, 5.41) is -5.71. The number of halogens is 8. The molecule has 0 rings (SSSR count). The largest absolute Gasteiger partial charge is 0.440 e. The van der Waals surface area contributed by atoms with Gasteiger partial charge < -0.3 is 0 Å². The third-order valence-electron chi connectivity index (χ3n) is 2.48. The highest BCUT2D eigenvalue weighted by Crippen LogP contribution is 2.54. The van der Waals surface area contributed by atoms with Crippen molar-refractivity contribution in [1.29, 1.82) is 0 Å². The Labute approximate surface area is 124 Å². The van der Waals surface area contributed by atoms with E-state index in [1.807, 2.05) is 6.92 Å². The van der Waals surface area contributed by atoms with Crippen molar-refractivity contribution < 1.29 is 17.6 Å². The molecule has 0 aromatic rings. The van der Waals surface area contributed by atoms with Crippen molar-refractivity contribution in [3.8, 4) is 0 Å². The van der Waals surface area contributed by atoms with Gasteiger partial charge in [0.1, 0.15) is 0 Å². The van der Waals surface area contributed by atoms with Crippen LogP contribution >= 0.6 is 46.4 Å². The fourth-order valence-corrected chi connectivity index (χ4v) is 2.24. The molecule has 0 nitrogen and oxygen atoms in total. The summed E-state index contributed by atoms with van der Waals surface area (Å²) in [6, 6.07) is 0. The Balaban J connectivity index is 4.61. The first-order chi connectivity index (χ1) is 7.98. The number of unbranched alkanes of at least 4 members (excludes halogenated alkanes) is 3. The Morgan fingerprint density at radius 1 is 0.944 bits per heavy atom. The smallest absolute Gasteiger partial charge is 0.212 e. The molecule has 0 fully saturated rings. The van der Waals surface area contributed by atoms with E-state index in [0.29, 0.717) is 6.42 Å². The zero-order valence-electron chi connectivity index (χ0n) is 9.64. The molecular weight excluding hydrogens is 338 g/mol. The summed E-state index contributed by atoms with van der Waals surface area (Å²) in [5.41, 5.74) is 0. The van der Waals surface area contributed by atoms with Crippen LogP contribution in [-0.4, -0.2) is 21.0 Å². The molecule has 0 heterocycles. The van der Waals surface area contributed by atoms with Crippen molar-refractivity contribution >= 4 is 46.4 Å². The second-order valence-electron chi connectivity index (χ2n) is 4.01. The summed E-state index contributed by atoms with van der Waals surface area (Å²) in [5.74, 6) is 0. The molecule has 2 unspecified atom stereocenters. The predicted molar refractivity (Wildman–Crippen MR) is 68.6 cm³/mol. The number of rotatable bonds is 7. The van der Waals surface area contributed by atoms with Gasteiger partial charge in [0.05, 0.1) is 5.38 Å². The van der Waals surface area contributed by atoms with E-state index in [0.717, 1.165) is 19.3 Å². The Hall–Kier alpha value is 0.880. The lowest BCUT2D eigenvalue weighted by Gasteiger charge is -2.35. The van der Waals surface area contributed by atoms with Crippen molar-refractivity contribution in [2.24, 2.45) is 0 Å². The summed E-state index contributed by atoms with van der Waals surface area (Å²) < 4.78 is 47.8. The lowest BCUT2D eigenvalue weighted by molar-refractivity contribution is -0.202. The highest BCUT2D eigenvalue weighted by atomic mass is 35.5. The van der Waals surface area contributed by atoms with E-state index in [2.05, 4.69) is 0 Å². The van der Waals surface area contributed by atoms with E-state index in [-0.39, 0.29) is 6.42 Å². The van der Waals surface area contributed by atoms with Gasteiger partial charge in [0.2, 0.25) is 0 Å². The molecule has 8 heteroatoms. The van der Waals surface area contributed by atoms with Crippen molar-refractivity contribution in [2.75, 3.05) is 0 Å². The molecule has 110 valence electrons. The summed E-state index contributed by atoms with van der Waals surface area (Å²) in [6.07, 6.45) is -2.21. The SMILES string of the molecule is CCCCCCC(Cl)C(Cl)(Cl)C(F)(Cl)C(F)(F)F. The zero-order valence-corrected chi connectivity index (χ0v) is 12.7. The summed E-state index contributed by atoms with van der Waals surface area (Å²) in [7, 11) is 0. The molecule has 0 amide bonds. The van der Waals surface area contributed by atoms with Crippen LogP contribution < -0.4 is 0 Å². The van der Waals surface area contributed by atoms with Crippen LogP contribution in [-0.2, 0) is 0 Å². The first kappa shape index (κ1) is 18.9. The lowest BCUT2D eigenvalue weighted by atomic mass is 10.1. The monoisotopic (exact) mass is 350 g/mol. The van der Waals surface area contributed by atoms with E-state index < -0.39 is 21.0 Å². The van der Waals surface area contributed by atoms with Crippen LogP contribution in [0.25, 0.3) is 0 Å². The average molecular weight is 352 g/mol. The van der Waals surface area contributed by atoms with E-state index in [1.165, 1.54) is 0 Å². The highest BCUT2D eigenvalue weighted by Gasteiger charge is 2.69. The van der Waals surface area contributed by atoms with Crippen LogP contribution in [0.3, 0.4) is 0 Å². The maximum atomic E-state index is 13.5. The molecular formula is C10H14Cl4F4. The van der Waals surface area contributed by atoms with Gasteiger partial charge in [-0.25, -0.2) is 4.39 Å². The van der Waals surface area contributed by atoms with Crippen molar-refractivity contribution in [1.82, 2.24) is 0 Å². The molecule has 0 saturated heterocycles. The topological polar surface area (TPSA) is 0 Å². The Morgan fingerprint density at radius 2 is 1.44 bits per heavy atom. The standard InChI is InChI=1S/C10H14Cl4F4/c1-2-3-4-5-6-7(11)8(12,13)9(14,15)10(16,17)18/h7H,2-6H2,1H3. The first-order valence-electron chi connectivity index (χ1n) is 5.45. The fraction of sp³-hybridized carbons (Fsp3) is 1.00. The highest BCUT2D eigenvalue weighted by molar-refractivity contribution is 6.56. The van der Waals surface area contributed by atoms with Crippen molar-refractivity contribution in [3.05, 3.63) is 0 Å². The molecule has 0 radical (unpaired) electrons. The minimum atomic E-state index is -5.39. The predicted octanol–water partition coefficient (Wildman–Crippen LogP) is 6.21. The maximum absolute atomic E-state index is 13.5. The number of hydrogen-bond acceptors (Lipinski definition) is 0. The number of hydrogen-bond donors (Lipinski definition) is 0. The Morgan fingerprint density at radius 3 is 1.83 bits per heavy atom. The Kier molecular flexibility index (Phi) is 7.40. The van der Waals surface area contributed by atoms with Gasteiger partial charge in [-0.2, -0.15) is 13.2 Å².